The molecule has 0 spiro atoms. The summed E-state index contributed by atoms with van der Waals surface area (Å²) in [5, 5.41) is 8.53. The number of piperazine rings is 1. The van der Waals surface area contributed by atoms with Gasteiger partial charge in [-0.1, -0.05) is 60.7 Å². The van der Waals surface area contributed by atoms with Crippen LogP contribution in [0, 0.1) is 0 Å². The Kier molecular flexibility index (Phi) is 7.23. The van der Waals surface area contributed by atoms with Gasteiger partial charge in [0.15, 0.2) is 10.2 Å². The maximum atomic E-state index is 5.64. The first-order valence-electron chi connectivity index (χ1n) is 9.75. The fourth-order valence-electron chi connectivity index (χ4n) is 3.32. The van der Waals surface area contributed by atoms with Crippen LogP contribution in [0.15, 0.2) is 60.7 Å². The molecule has 6 heteroatoms. The number of nitrogens with one attached hydrogen (secondary N) is 2. The summed E-state index contributed by atoms with van der Waals surface area (Å²) in [7, 11) is 0. The van der Waals surface area contributed by atoms with E-state index in [0.29, 0.717) is 0 Å². The highest BCUT2D eigenvalue weighted by Crippen LogP contribution is 2.14. The van der Waals surface area contributed by atoms with E-state index in [1.807, 2.05) is 12.1 Å². The SMILES string of the molecule is C[C@H](NC(=S)N1CCN(C(=S)N[C@@H](C)c2ccccc2)CC1)c1ccccc1. The van der Waals surface area contributed by atoms with Gasteiger partial charge < -0.3 is 20.4 Å². The van der Waals surface area contributed by atoms with Crippen LogP contribution in [-0.2, 0) is 0 Å². The van der Waals surface area contributed by atoms with Gasteiger partial charge in [0.1, 0.15) is 0 Å². The molecule has 4 nitrogen and oxygen atoms in total. The molecule has 1 saturated heterocycles. The predicted molar refractivity (Wildman–Crippen MR) is 124 cm³/mol. The highest BCUT2D eigenvalue weighted by molar-refractivity contribution is 7.80. The van der Waals surface area contributed by atoms with E-state index in [2.05, 4.69) is 82.8 Å². The van der Waals surface area contributed by atoms with Crippen molar-refractivity contribution in [1.82, 2.24) is 20.4 Å². The molecule has 0 bridgehead atoms. The second-order valence-electron chi connectivity index (χ2n) is 7.14. The molecule has 28 heavy (non-hydrogen) atoms. The van der Waals surface area contributed by atoms with Crippen molar-refractivity contribution in [2.24, 2.45) is 0 Å². The molecule has 148 valence electrons. The number of hydrogen-bond acceptors (Lipinski definition) is 2. The Balaban J connectivity index is 1.46. The van der Waals surface area contributed by atoms with E-state index in [1.165, 1.54) is 11.1 Å². The van der Waals surface area contributed by atoms with Gasteiger partial charge in [0.2, 0.25) is 0 Å². The summed E-state index contributed by atoms with van der Waals surface area (Å²) < 4.78 is 0. The van der Waals surface area contributed by atoms with Crippen molar-refractivity contribution < 1.29 is 0 Å². The Morgan fingerprint density at radius 1 is 0.679 bits per heavy atom. The van der Waals surface area contributed by atoms with Gasteiger partial charge >= 0.3 is 0 Å². The van der Waals surface area contributed by atoms with E-state index in [-0.39, 0.29) is 12.1 Å². The third-order valence-electron chi connectivity index (χ3n) is 5.13. The van der Waals surface area contributed by atoms with E-state index in [1.54, 1.807) is 0 Å². The summed E-state index contributed by atoms with van der Waals surface area (Å²) in [5.41, 5.74) is 2.48. The van der Waals surface area contributed by atoms with Gasteiger partial charge in [-0.25, -0.2) is 0 Å². The Labute approximate surface area is 178 Å². The fourth-order valence-corrected chi connectivity index (χ4v) is 4.03. The first-order chi connectivity index (χ1) is 13.5. The minimum atomic E-state index is 0.196. The largest absolute Gasteiger partial charge is 0.356 e. The molecule has 0 unspecified atom stereocenters. The molecule has 0 aromatic heterocycles. The quantitative estimate of drug-likeness (QED) is 0.742. The lowest BCUT2D eigenvalue weighted by Gasteiger charge is -2.38. The molecule has 2 atom stereocenters. The standard InChI is InChI=1S/C22H28N4S2/c1-17(19-9-5-3-6-10-19)23-21(27)25-13-15-26(16-14-25)22(28)24-18(2)20-11-7-4-8-12-20/h3-12,17-18H,13-16H2,1-2H3,(H,23,27)(H,24,28)/t17-,18-/m0/s1. The van der Waals surface area contributed by atoms with E-state index >= 15 is 0 Å². The molecule has 1 fully saturated rings. The second kappa shape index (κ2) is 9.85. The van der Waals surface area contributed by atoms with Crippen LogP contribution in [0.2, 0.25) is 0 Å². The van der Waals surface area contributed by atoms with Gasteiger partial charge in [0, 0.05) is 26.2 Å². The highest BCUT2D eigenvalue weighted by atomic mass is 32.1. The molecule has 0 aliphatic carbocycles. The minimum Gasteiger partial charge on any atom is -0.356 e. The number of hydrogen-bond donors (Lipinski definition) is 2. The fraction of sp³-hybridized carbons (Fsp3) is 0.364. The van der Waals surface area contributed by atoms with Crippen LogP contribution >= 0.6 is 24.4 Å². The third kappa shape index (κ3) is 5.42. The molecule has 2 aromatic carbocycles. The van der Waals surface area contributed by atoms with Crippen molar-refractivity contribution in [2.45, 2.75) is 25.9 Å². The normalized spacial score (nSPS) is 16.2. The molecule has 3 rings (SSSR count). The van der Waals surface area contributed by atoms with Crippen LogP contribution < -0.4 is 10.6 Å². The number of benzene rings is 2. The average molecular weight is 413 g/mol. The minimum absolute atomic E-state index is 0.196. The summed E-state index contributed by atoms with van der Waals surface area (Å²) in [4.78, 5) is 4.46. The molecular weight excluding hydrogens is 384 g/mol. The predicted octanol–water partition coefficient (Wildman–Crippen LogP) is 3.88. The van der Waals surface area contributed by atoms with Gasteiger partial charge in [0.05, 0.1) is 12.1 Å². The zero-order valence-electron chi connectivity index (χ0n) is 16.5. The first-order valence-corrected chi connectivity index (χ1v) is 10.6. The first kappa shape index (κ1) is 20.6. The molecule has 1 heterocycles. The van der Waals surface area contributed by atoms with E-state index in [0.717, 1.165) is 36.4 Å². The van der Waals surface area contributed by atoms with Gasteiger partial charge in [0.25, 0.3) is 0 Å². The van der Waals surface area contributed by atoms with Crippen molar-refractivity contribution in [3.63, 3.8) is 0 Å². The van der Waals surface area contributed by atoms with Crippen molar-refractivity contribution in [2.75, 3.05) is 26.2 Å². The monoisotopic (exact) mass is 412 g/mol. The lowest BCUT2D eigenvalue weighted by molar-refractivity contribution is 0.252. The number of rotatable bonds is 4. The van der Waals surface area contributed by atoms with Crippen LogP contribution in [-0.4, -0.2) is 46.2 Å². The highest BCUT2D eigenvalue weighted by Gasteiger charge is 2.22. The van der Waals surface area contributed by atoms with Crippen molar-refractivity contribution >= 4 is 34.7 Å². The maximum absolute atomic E-state index is 5.64. The topological polar surface area (TPSA) is 30.5 Å². The number of thiocarbonyl (C=S) groups is 2. The van der Waals surface area contributed by atoms with Crippen molar-refractivity contribution in [3.8, 4) is 0 Å². The third-order valence-corrected chi connectivity index (χ3v) is 5.89. The number of nitrogens with zero attached hydrogens (tertiary/aromatic N) is 2. The summed E-state index contributed by atoms with van der Waals surface area (Å²) in [6.07, 6.45) is 0. The van der Waals surface area contributed by atoms with Crippen molar-refractivity contribution in [3.05, 3.63) is 71.8 Å². The molecule has 2 aromatic rings. The van der Waals surface area contributed by atoms with Crippen LogP contribution in [0.5, 0.6) is 0 Å². The molecular formula is C22H28N4S2. The second-order valence-corrected chi connectivity index (χ2v) is 7.91. The lowest BCUT2D eigenvalue weighted by atomic mass is 10.1. The van der Waals surface area contributed by atoms with E-state index in [9.17, 15) is 0 Å². The van der Waals surface area contributed by atoms with Crippen LogP contribution in [0.25, 0.3) is 0 Å². The molecule has 0 saturated carbocycles. The maximum Gasteiger partial charge on any atom is 0.169 e. The summed E-state index contributed by atoms with van der Waals surface area (Å²) in [6, 6.07) is 21.2. The lowest BCUT2D eigenvalue weighted by Crippen LogP contribution is -2.55. The molecule has 2 N–H and O–H groups in total. The molecule has 1 aliphatic rings. The Bertz CT molecular complexity index is 706. The van der Waals surface area contributed by atoms with E-state index in [4.69, 9.17) is 24.4 Å². The zero-order valence-corrected chi connectivity index (χ0v) is 18.1. The smallest absolute Gasteiger partial charge is 0.169 e. The molecule has 1 aliphatic heterocycles. The Morgan fingerprint density at radius 3 is 1.32 bits per heavy atom. The van der Waals surface area contributed by atoms with Crippen molar-refractivity contribution in [1.29, 1.82) is 0 Å². The molecule has 0 amide bonds. The van der Waals surface area contributed by atoms with Gasteiger partial charge in [-0.2, -0.15) is 0 Å². The summed E-state index contributed by atoms with van der Waals surface area (Å²) >= 11 is 11.3. The zero-order chi connectivity index (χ0) is 19.9. The van der Waals surface area contributed by atoms with Crippen LogP contribution in [0.3, 0.4) is 0 Å². The Morgan fingerprint density at radius 2 is 1.00 bits per heavy atom. The van der Waals surface area contributed by atoms with Gasteiger partial charge in [-0.3, -0.25) is 0 Å². The van der Waals surface area contributed by atoms with Gasteiger partial charge in [-0.15, -0.1) is 0 Å². The van der Waals surface area contributed by atoms with E-state index < -0.39 is 0 Å². The van der Waals surface area contributed by atoms with Crippen LogP contribution in [0.1, 0.15) is 37.1 Å². The summed E-state index contributed by atoms with van der Waals surface area (Å²) in [6.45, 7) is 7.76. The summed E-state index contributed by atoms with van der Waals surface area (Å²) in [5.74, 6) is 0. The Hall–Kier alpha value is -2.18. The van der Waals surface area contributed by atoms with Gasteiger partial charge in [-0.05, 0) is 49.4 Å². The average Bonchev–Trinajstić information content (AvgIpc) is 2.75. The molecule has 0 radical (unpaired) electrons. The van der Waals surface area contributed by atoms with Crippen LogP contribution in [0.4, 0.5) is 0 Å².